The molecule has 1 radical (unpaired) electrons. The van der Waals surface area contributed by atoms with Crippen LogP contribution in [0.2, 0.25) is 0 Å². The van der Waals surface area contributed by atoms with Gasteiger partial charge < -0.3 is 4.90 Å². The first-order valence-electron chi connectivity index (χ1n) is 3.91. The Hall–Kier alpha value is -0.790. The molecular weight excluding hydrogens is 138 g/mol. The molecule has 11 heavy (non-hydrogen) atoms. The largest absolute Gasteiger partial charge is 0.348 e. The van der Waals surface area contributed by atoms with Gasteiger partial charge in [-0.05, 0) is 26.2 Å². The summed E-state index contributed by atoms with van der Waals surface area (Å²) in [6.07, 6.45) is 7.92. The Labute approximate surface area is 68.9 Å². The standard InChI is InChI=1S/C9H16NO/c1-3-4-5-6-7-8-10(2)9-11/h4-5,9H,1,3,6-8H2,2H3. The number of allylic oxidation sites excluding steroid dienone is 2. The zero-order chi connectivity index (χ0) is 8.53. The van der Waals surface area contributed by atoms with Crippen LogP contribution >= 0.6 is 0 Å². The average Bonchev–Trinajstić information content (AvgIpc) is 2.04. The zero-order valence-electron chi connectivity index (χ0n) is 7.12. The fraction of sp³-hybridized carbons (Fsp3) is 0.556. The van der Waals surface area contributed by atoms with Gasteiger partial charge in [-0.25, -0.2) is 0 Å². The summed E-state index contributed by atoms with van der Waals surface area (Å²) in [6, 6.07) is 0. The molecule has 0 saturated carbocycles. The van der Waals surface area contributed by atoms with Gasteiger partial charge in [0, 0.05) is 13.6 Å². The number of carbonyl (C=O) groups excluding carboxylic acids is 1. The molecule has 0 fully saturated rings. The van der Waals surface area contributed by atoms with Crippen molar-refractivity contribution >= 4 is 6.41 Å². The maximum absolute atomic E-state index is 10.1. The molecule has 0 aliphatic carbocycles. The van der Waals surface area contributed by atoms with Crippen molar-refractivity contribution in [3.63, 3.8) is 0 Å². The van der Waals surface area contributed by atoms with E-state index in [0.29, 0.717) is 0 Å². The lowest BCUT2D eigenvalue weighted by molar-refractivity contribution is -0.117. The molecule has 0 saturated heterocycles. The van der Waals surface area contributed by atoms with E-state index in [2.05, 4.69) is 13.0 Å². The van der Waals surface area contributed by atoms with E-state index >= 15 is 0 Å². The van der Waals surface area contributed by atoms with Crippen LogP contribution in [0.1, 0.15) is 19.3 Å². The van der Waals surface area contributed by atoms with Gasteiger partial charge in [0.1, 0.15) is 0 Å². The molecule has 0 heterocycles. The zero-order valence-corrected chi connectivity index (χ0v) is 7.12. The van der Waals surface area contributed by atoms with Crippen molar-refractivity contribution in [2.24, 2.45) is 0 Å². The maximum atomic E-state index is 10.1. The summed E-state index contributed by atoms with van der Waals surface area (Å²) in [7, 11) is 1.79. The Kier molecular flexibility index (Phi) is 6.79. The van der Waals surface area contributed by atoms with Gasteiger partial charge in [0.25, 0.3) is 0 Å². The summed E-state index contributed by atoms with van der Waals surface area (Å²) in [6.45, 7) is 4.52. The molecule has 0 atom stereocenters. The summed E-state index contributed by atoms with van der Waals surface area (Å²) >= 11 is 0. The smallest absolute Gasteiger partial charge is 0.209 e. The summed E-state index contributed by atoms with van der Waals surface area (Å²) < 4.78 is 0. The summed E-state index contributed by atoms with van der Waals surface area (Å²) in [4.78, 5) is 11.8. The van der Waals surface area contributed by atoms with Gasteiger partial charge in [-0.2, -0.15) is 0 Å². The van der Waals surface area contributed by atoms with Crippen molar-refractivity contribution in [3.05, 3.63) is 19.1 Å². The summed E-state index contributed by atoms with van der Waals surface area (Å²) in [5.74, 6) is 0. The second kappa shape index (κ2) is 7.32. The predicted octanol–water partition coefficient (Wildman–Crippen LogP) is 1.64. The Morgan fingerprint density at radius 3 is 2.73 bits per heavy atom. The third kappa shape index (κ3) is 7.10. The van der Waals surface area contributed by atoms with Crippen molar-refractivity contribution in [1.82, 2.24) is 4.90 Å². The lowest BCUT2D eigenvalue weighted by Gasteiger charge is -2.07. The number of rotatable bonds is 6. The van der Waals surface area contributed by atoms with Crippen molar-refractivity contribution in [2.75, 3.05) is 13.6 Å². The minimum atomic E-state index is 0.838. The predicted molar refractivity (Wildman–Crippen MR) is 47.0 cm³/mol. The highest BCUT2D eigenvalue weighted by atomic mass is 16.1. The number of unbranched alkanes of at least 4 members (excludes halogenated alkanes) is 1. The molecular formula is C9H16NO. The normalized spacial score (nSPS) is 10.4. The molecule has 0 unspecified atom stereocenters. The number of hydrogen-bond donors (Lipinski definition) is 0. The average molecular weight is 154 g/mol. The Bertz CT molecular complexity index is 121. The highest BCUT2D eigenvalue weighted by molar-refractivity contribution is 5.46. The van der Waals surface area contributed by atoms with Crippen LogP contribution < -0.4 is 0 Å². The monoisotopic (exact) mass is 154 g/mol. The fourth-order valence-electron chi connectivity index (χ4n) is 0.747. The maximum Gasteiger partial charge on any atom is 0.209 e. The van der Waals surface area contributed by atoms with Gasteiger partial charge in [-0.15, -0.1) is 0 Å². The summed E-state index contributed by atoms with van der Waals surface area (Å²) in [5, 5.41) is 0. The lowest BCUT2D eigenvalue weighted by Crippen LogP contribution is -2.16. The molecule has 0 spiro atoms. The second-order valence-corrected chi connectivity index (χ2v) is 2.49. The van der Waals surface area contributed by atoms with E-state index in [1.54, 1.807) is 11.9 Å². The van der Waals surface area contributed by atoms with E-state index in [1.165, 1.54) is 0 Å². The van der Waals surface area contributed by atoms with Gasteiger partial charge >= 0.3 is 0 Å². The third-order valence-electron chi connectivity index (χ3n) is 1.39. The minimum absolute atomic E-state index is 0.838. The number of hydrogen-bond acceptors (Lipinski definition) is 1. The Morgan fingerprint density at radius 1 is 1.45 bits per heavy atom. The fourth-order valence-corrected chi connectivity index (χ4v) is 0.747. The minimum Gasteiger partial charge on any atom is -0.348 e. The van der Waals surface area contributed by atoms with E-state index < -0.39 is 0 Å². The van der Waals surface area contributed by atoms with E-state index in [4.69, 9.17) is 0 Å². The van der Waals surface area contributed by atoms with Crippen LogP contribution in [-0.2, 0) is 4.79 Å². The van der Waals surface area contributed by atoms with Crippen LogP contribution in [-0.4, -0.2) is 24.9 Å². The number of carbonyl (C=O) groups is 1. The number of amides is 1. The van der Waals surface area contributed by atoms with Crippen molar-refractivity contribution in [1.29, 1.82) is 0 Å². The Morgan fingerprint density at radius 2 is 2.18 bits per heavy atom. The topological polar surface area (TPSA) is 20.3 Å². The van der Waals surface area contributed by atoms with Gasteiger partial charge in [0.2, 0.25) is 6.41 Å². The first-order chi connectivity index (χ1) is 5.31. The van der Waals surface area contributed by atoms with E-state index in [1.807, 2.05) is 6.08 Å². The highest BCUT2D eigenvalue weighted by Gasteiger charge is 1.89. The molecule has 0 N–H and O–H groups in total. The molecule has 0 bridgehead atoms. The van der Waals surface area contributed by atoms with E-state index in [0.717, 1.165) is 32.2 Å². The molecule has 0 aliphatic heterocycles. The van der Waals surface area contributed by atoms with Crippen LogP contribution in [0.15, 0.2) is 12.2 Å². The lowest BCUT2D eigenvalue weighted by atomic mass is 10.2. The third-order valence-corrected chi connectivity index (χ3v) is 1.39. The number of nitrogens with zero attached hydrogens (tertiary/aromatic N) is 1. The van der Waals surface area contributed by atoms with Crippen molar-refractivity contribution in [2.45, 2.75) is 19.3 Å². The van der Waals surface area contributed by atoms with Crippen LogP contribution in [0, 0.1) is 6.92 Å². The first kappa shape index (κ1) is 10.2. The molecule has 0 aliphatic rings. The van der Waals surface area contributed by atoms with E-state index in [9.17, 15) is 4.79 Å². The van der Waals surface area contributed by atoms with Gasteiger partial charge in [-0.1, -0.05) is 12.2 Å². The quantitative estimate of drug-likeness (QED) is 0.323. The van der Waals surface area contributed by atoms with Crippen molar-refractivity contribution < 1.29 is 4.79 Å². The van der Waals surface area contributed by atoms with Gasteiger partial charge in [0.05, 0.1) is 0 Å². The molecule has 2 nitrogen and oxygen atoms in total. The summed E-state index contributed by atoms with van der Waals surface area (Å²) in [5.41, 5.74) is 0. The molecule has 0 aromatic heterocycles. The van der Waals surface area contributed by atoms with Crippen LogP contribution in [0.3, 0.4) is 0 Å². The molecule has 0 aromatic rings. The second-order valence-electron chi connectivity index (χ2n) is 2.49. The highest BCUT2D eigenvalue weighted by Crippen LogP contribution is 1.93. The van der Waals surface area contributed by atoms with Gasteiger partial charge in [-0.3, -0.25) is 4.79 Å². The first-order valence-corrected chi connectivity index (χ1v) is 3.91. The molecule has 2 heteroatoms. The molecule has 0 aromatic carbocycles. The van der Waals surface area contributed by atoms with Crippen LogP contribution in [0.5, 0.6) is 0 Å². The van der Waals surface area contributed by atoms with Gasteiger partial charge in [0.15, 0.2) is 0 Å². The molecule has 0 rings (SSSR count). The Balaban J connectivity index is 3.13. The van der Waals surface area contributed by atoms with Crippen LogP contribution in [0.25, 0.3) is 0 Å². The van der Waals surface area contributed by atoms with E-state index in [-0.39, 0.29) is 0 Å². The molecule has 63 valence electrons. The van der Waals surface area contributed by atoms with Crippen LogP contribution in [0.4, 0.5) is 0 Å². The molecule has 1 amide bonds. The van der Waals surface area contributed by atoms with Crippen molar-refractivity contribution in [3.8, 4) is 0 Å². The SMILES string of the molecule is [CH2]CC=CCCCN(C)C=O.